The van der Waals surface area contributed by atoms with Gasteiger partial charge in [-0.3, -0.25) is 4.79 Å². The third-order valence-electron chi connectivity index (χ3n) is 3.43. The van der Waals surface area contributed by atoms with Crippen LogP contribution in [-0.2, 0) is 16.4 Å². The quantitative estimate of drug-likeness (QED) is 0.754. The zero-order chi connectivity index (χ0) is 18.8. The van der Waals surface area contributed by atoms with E-state index in [9.17, 15) is 30.8 Å². The van der Waals surface area contributed by atoms with E-state index in [2.05, 4.69) is 0 Å². The first-order valence-electron chi connectivity index (χ1n) is 6.94. The smallest absolute Gasteiger partial charge is 0.337 e. The van der Waals surface area contributed by atoms with Crippen molar-refractivity contribution in [2.45, 2.75) is 17.2 Å². The molecule has 9 heteroatoms. The van der Waals surface area contributed by atoms with Gasteiger partial charge in [0.25, 0.3) is 5.91 Å². The van der Waals surface area contributed by atoms with E-state index in [4.69, 9.17) is 0 Å². The van der Waals surface area contributed by atoms with E-state index in [1.807, 2.05) is 0 Å². The van der Waals surface area contributed by atoms with Crippen molar-refractivity contribution in [3.05, 3.63) is 65.2 Å². The molecule has 0 aliphatic heterocycles. The maximum Gasteiger partial charge on any atom is 0.341 e. The predicted molar refractivity (Wildman–Crippen MR) is 81.8 cm³/mol. The Hall–Kier alpha value is -2.42. The largest absolute Gasteiger partial charge is 0.341 e. The third kappa shape index (κ3) is 4.16. The van der Waals surface area contributed by atoms with Gasteiger partial charge in [0.05, 0.1) is 4.90 Å². The van der Waals surface area contributed by atoms with Crippen molar-refractivity contribution in [3.8, 4) is 0 Å². The van der Waals surface area contributed by atoms with Crippen molar-refractivity contribution in [3.63, 3.8) is 0 Å². The molecule has 2 aromatic rings. The van der Waals surface area contributed by atoms with Crippen LogP contribution in [0.4, 0.5) is 17.6 Å². The number of carbonyl (C=O) groups excluding carboxylic acids is 1. The van der Waals surface area contributed by atoms with Crippen LogP contribution in [0.3, 0.4) is 0 Å². The molecule has 0 heterocycles. The Balaban J connectivity index is 2.17. The van der Waals surface area contributed by atoms with Crippen LogP contribution in [-0.4, -0.2) is 32.0 Å². The van der Waals surface area contributed by atoms with Gasteiger partial charge in [0.15, 0.2) is 0 Å². The van der Waals surface area contributed by atoms with Crippen molar-refractivity contribution < 1.29 is 30.8 Å². The van der Waals surface area contributed by atoms with Gasteiger partial charge in [-0.1, -0.05) is 6.07 Å². The zero-order valence-corrected chi connectivity index (χ0v) is 13.7. The maximum absolute atomic E-state index is 13.6. The predicted octanol–water partition coefficient (Wildman–Crippen LogP) is 3.23. The van der Waals surface area contributed by atoms with Gasteiger partial charge in [0.1, 0.15) is 11.6 Å². The number of amides is 1. The normalized spacial score (nSPS) is 11.6. The summed E-state index contributed by atoms with van der Waals surface area (Å²) in [5, 5.41) is 0. The van der Waals surface area contributed by atoms with Crippen molar-refractivity contribution in [1.29, 1.82) is 0 Å². The average molecular weight is 375 g/mol. The molecule has 1 amide bonds. The van der Waals surface area contributed by atoms with Crippen LogP contribution < -0.4 is 0 Å². The Labute approximate surface area is 141 Å². The second kappa shape index (κ2) is 7.22. The number of benzene rings is 2. The Bertz CT molecular complexity index is 883. The molecule has 0 aromatic heterocycles. The van der Waals surface area contributed by atoms with Gasteiger partial charge in [0, 0.05) is 30.8 Å². The molecule has 0 bridgehead atoms. The minimum absolute atomic E-state index is 0.0400. The molecule has 0 N–H and O–H groups in total. The lowest BCUT2D eigenvalue weighted by Gasteiger charge is -2.18. The highest BCUT2D eigenvalue weighted by molar-refractivity contribution is 7.91. The Morgan fingerprint density at radius 1 is 1.08 bits per heavy atom. The second-order valence-corrected chi connectivity index (χ2v) is 7.14. The van der Waals surface area contributed by atoms with Crippen LogP contribution in [0.1, 0.15) is 15.9 Å². The molecule has 0 atom stereocenters. The number of carbonyl (C=O) groups is 1. The molecular formula is C16H13F4NO3S. The van der Waals surface area contributed by atoms with Gasteiger partial charge in [-0.2, -0.15) is 8.78 Å². The molecule has 25 heavy (non-hydrogen) atoms. The van der Waals surface area contributed by atoms with E-state index in [1.165, 1.54) is 13.1 Å². The van der Waals surface area contributed by atoms with E-state index >= 15 is 0 Å². The minimum atomic E-state index is -4.74. The first-order valence-corrected chi connectivity index (χ1v) is 8.49. The first-order chi connectivity index (χ1) is 11.6. The lowest BCUT2D eigenvalue weighted by Crippen LogP contribution is -2.26. The fraction of sp³-hybridized carbons (Fsp3) is 0.188. The van der Waals surface area contributed by atoms with Crippen LogP contribution in [0.2, 0.25) is 0 Å². The number of sulfone groups is 1. The summed E-state index contributed by atoms with van der Waals surface area (Å²) in [6.45, 7) is -0.151. The molecule has 0 spiro atoms. The summed E-state index contributed by atoms with van der Waals surface area (Å²) < 4.78 is 74.1. The van der Waals surface area contributed by atoms with E-state index in [-0.39, 0.29) is 17.7 Å². The molecule has 2 rings (SSSR count). The van der Waals surface area contributed by atoms with Crippen molar-refractivity contribution in [2.24, 2.45) is 0 Å². The molecule has 0 aliphatic carbocycles. The van der Waals surface area contributed by atoms with Crippen molar-refractivity contribution in [1.82, 2.24) is 4.90 Å². The number of nitrogens with zero attached hydrogens (tertiary/aromatic N) is 1. The number of alkyl halides is 2. The summed E-state index contributed by atoms with van der Waals surface area (Å²) in [7, 11) is -3.37. The van der Waals surface area contributed by atoms with Crippen LogP contribution in [0, 0.1) is 11.6 Å². The lowest BCUT2D eigenvalue weighted by atomic mass is 10.1. The highest BCUT2D eigenvalue weighted by atomic mass is 32.2. The third-order valence-corrected chi connectivity index (χ3v) is 4.83. The van der Waals surface area contributed by atoms with Gasteiger partial charge in [-0.15, -0.1) is 0 Å². The van der Waals surface area contributed by atoms with Crippen molar-refractivity contribution >= 4 is 15.7 Å². The maximum atomic E-state index is 13.6. The zero-order valence-electron chi connectivity index (χ0n) is 12.9. The molecular weight excluding hydrogens is 362 g/mol. The summed E-state index contributed by atoms with van der Waals surface area (Å²) in [4.78, 5) is 12.8. The standard InChI is InChI=1S/C16H13F4NO3S/c1-21(9-11-2-5-12(17)8-14(11)18)15(22)10-3-6-13(7-4-10)25(23,24)16(19)20/h2-8,16H,9H2,1H3. The second-order valence-electron chi connectivity index (χ2n) is 5.23. The van der Waals surface area contributed by atoms with Crippen LogP contribution >= 0.6 is 0 Å². The van der Waals surface area contributed by atoms with E-state index in [0.717, 1.165) is 35.2 Å². The molecule has 0 unspecified atom stereocenters. The van der Waals surface area contributed by atoms with E-state index in [1.54, 1.807) is 0 Å². The fourth-order valence-corrected chi connectivity index (χ4v) is 2.81. The summed E-state index contributed by atoms with van der Waals surface area (Å²) in [5.41, 5.74) is 0.132. The summed E-state index contributed by atoms with van der Waals surface area (Å²) >= 11 is 0. The molecule has 0 fully saturated rings. The topological polar surface area (TPSA) is 54.5 Å². The van der Waals surface area contributed by atoms with Crippen LogP contribution in [0.5, 0.6) is 0 Å². The minimum Gasteiger partial charge on any atom is -0.337 e. The molecule has 0 saturated heterocycles. The van der Waals surface area contributed by atoms with E-state index in [0.29, 0.717) is 6.07 Å². The molecule has 134 valence electrons. The van der Waals surface area contributed by atoms with Gasteiger partial charge < -0.3 is 4.90 Å². The number of halogens is 4. The van der Waals surface area contributed by atoms with Crippen LogP contribution in [0.25, 0.3) is 0 Å². The summed E-state index contributed by atoms with van der Waals surface area (Å²) in [5.74, 6) is -5.69. The Morgan fingerprint density at radius 2 is 1.68 bits per heavy atom. The molecule has 0 aliphatic rings. The highest BCUT2D eigenvalue weighted by Gasteiger charge is 2.26. The van der Waals surface area contributed by atoms with E-state index < -0.39 is 38.0 Å². The molecule has 0 saturated carbocycles. The van der Waals surface area contributed by atoms with Gasteiger partial charge in [-0.25, -0.2) is 17.2 Å². The molecule has 4 nitrogen and oxygen atoms in total. The van der Waals surface area contributed by atoms with Gasteiger partial charge in [-0.05, 0) is 30.3 Å². The Morgan fingerprint density at radius 3 is 2.20 bits per heavy atom. The number of rotatable bonds is 5. The summed E-state index contributed by atoms with van der Waals surface area (Å²) in [6, 6.07) is 6.94. The highest BCUT2D eigenvalue weighted by Crippen LogP contribution is 2.19. The average Bonchev–Trinajstić information content (AvgIpc) is 2.56. The number of hydrogen-bond donors (Lipinski definition) is 0. The van der Waals surface area contributed by atoms with Crippen molar-refractivity contribution in [2.75, 3.05) is 7.05 Å². The number of hydrogen-bond acceptors (Lipinski definition) is 3. The lowest BCUT2D eigenvalue weighted by molar-refractivity contribution is 0.0783. The SMILES string of the molecule is CN(Cc1ccc(F)cc1F)C(=O)c1ccc(S(=O)(=O)C(F)F)cc1. The van der Waals surface area contributed by atoms with Gasteiger partial charge in [0.2, 0.25) is 9.84 Å². The summed E-state index contributed by atoms with van der Waals surface area (Å²) in [6.07, 6.45) is 0. The fourth-order valence-electron chi connectivity index (χ4n) is 2.09. The molecule has 2 aromatic carbocycles. The Kier molecular flexibility index (Phi) is 5.46. The molecule has 0 radical (unpaired) electrons. The van der Waals surface area contributed by atoms with Gasteiger partial charge >= 0.3 is 5.76 Å². The van der Waals surface area contributed by atoms with Crippen LogP contribution in [0.15, 0.2) is 47.4 Å². The first kappa shape index (κ1) is 18.9. The monoisotopic (exact) mass is 375 g/mol.